The molecule has 0 saturated carbocycles. The number of hydrogen-bond donors (Lipinski definition) is 1. The van der Waals surface area contributed by atoms with Crippen LogP contribution in [0.15, 0.2) is 48.9 Å². The predicted molar refractivity (Wildman–Crippen MR) is 88.7 cm³/mol. The first-order valence-electron chi connectivity index (χ1n) is 7.17. The van der Waals surface area contributed by atoms with Crippen LogP contribution in [0.1, 0.15) is 0 Å². The smallest absolute Gasteiger partial charge is 0.251 e. The first kappa shape index (κ1) is 15.5. The Balaban J connectivity index is 1.79. The zero-order valence-electron chi connectivity index (χ0n) is 12.5. The number of rotatable bonds is 2. The summed E-state index contributed by atoms with van der Waals surface area (Å²) in [5.74, 6) is -3.13. The summed E-state index contributed by atoms with van der Waals surface area (Å²) in [5.41, 5.74) is 1.51. The van der Waals surface area contributed by atoms with Gasteiger partial charge in [-0.25, -0.2) is 18.7 Å². The van der Waals surface area contributed by atoms with Crippen LogP contribution >= 0.6 is 11.6 Å². The van der Waals surface area contributed by atoms with Gasteiger partial charge in [0.1, 0.15) is 5.52 Å². The molecule has 1 N–H and O–H groups in total. The van der Waals surface area contributed by atoms with Crippen molar-refractivity contribution in [3.05, 3.63) is 65.6 Å². The summed E-state index contributed by atoms with van der Waals surface area (Å²) in [6.45, 7) is 0. The van der Waals surface area contributed by atoms with Gasteiger partial charge in [0.25, 0.3) is 5.95 Å². The fourth-order valence-corrected chi connectivity index (χ4v) is 2.61. The van der Waals surface area contributed by atoms with E-state index in [2.05, 4.69) is 15.1 Å². The van der Waals surface area contributed by atoms with Crippen LogP contribution in [0.25, 0.3) is 28.0 Å². The molecule has 2 aromatic heterocycles. The molecular weight excluding hydrogens is 350 g/mol. The van der Waals surface area contributed by atoms with Crippen LogP contribution in [0, 0.1) is 11.6 Å². The molecule has 5 nitrogen and oxygen atoms in total. The average molecular weight is 359 g/mol. The number of halogens is 3. The highest BCUT2D eigenvalue weighted by molar-refractivity contribution is 6.30. The third-order valence-corrected chi connectivity index (χ3v) is 3.98. The molecule has 4 aromatic rings. The van der Waals surface area contributed by atoms with Crippen molar-refractivity contribution in [3.63, 3.8) is 0 Å². The van der Waals surface area contributed by atoms with Crippen molar-refractivity contribution >= 4 is 22.5 Å². The summed E-state index contributed by atoms with van der Waals surface area (Å²) in [6.07, 6.45) is 4.39. The molecule has 0 atom stereocenters. The summed E-state index contributed by atoms with van der Waals surface area (Å²) in [6, 6.07) is 8.14. The number of phenolic OH excluding ortho intramolecular Hbond substituents is 1. The van der Waals surface area contributed by atoms with Gasteiger partial charge in [0.15, 0.2) is 17.4 Å². The Kier molecular flexibility index (Phi) is 3.58. The Hall–Kier alpha value is -3.06. The molecule has 0 radical (unpaired) electrons. The van der Waals surface area contributed by atoms with E-state index in [1.807, 2.05) is 12.1 Å². The maximum Gasteiger partial charge on any atom is 0.251 e. The Morgan fingerprint density at radius 3 is 2.32 bits per heavy atom. The second kappa shape index (κ2) is 5.78. The Labute approximate surface area is 145 Å². The molecule has 8 heteroatoms. The van der Waals surface area contributed by atoms with Crippen molar-refractivity contribution in [1.82, 2.24) is 19.7 Å². The molecule has 0 aliphatic heterocycles. The number of aromatic nitrogens is 4. The number of phenols is 1. The molecule has 2 heterocycles. The number of nitrogens with zero attached hydrogens (tertiary/aromatic N) is 4. The van der Waals surface area contributed by atoms with Gasteiger partial charge in [-0.1, -0.05) is 23.7 Å². The molecule has 4 rings (SSSR count). The Morgan fingerprint density at radius 1 is 0.960 bits per heavy atom. The highest BCUT2D eigenvalue weighted by atomic mass is 35.5. The molecule has 0 amide bonds. The number of hydrogen-bond acceptors (Lipinski definition) is 4. The van der Waals surface area contributed by atoms with Gasteiger partial charge in [0.2, 0.25) is 0 Å². The average Bonchev–Trinajstić information content (AvgIpc) is 3.04. The molecular formula is C17H9ClF2N4O. The standard InChI is InChI=1S/C17H9ClF2N4O/c18-12-3-1-9(2-4-12)11-6-21-17(22-7-11)24-15-10(8-23-24)5-13(19)16(25)14(15)20/h1-8,25H. The van der Waals surface area contributed by atoms with Crippen LogP contribution in [-0.2, 0) is 0 Å². The molecule has 124 valence electrons. The summed E-state index contributed by atoms with van der Waals surface area (Å²) in [7, 11) is 0. The highest BCUT2D eigenvalue weighted by Crippen LogP contribution is 2.29. The molecule has 0 saturated heterocycles. The Morgan fingerprint density at radius 2 is 1.64 bits per heavy atom. The van der Waals surface area contributed by atoms with Gasteiger partial charge in [-0.2, -0.15) is 9.78 Å². The zero-order chi connectivity index (χ0) is 17.6. The molecule has 0 aliphatic carbocycles. The molecule has 0 unspecified atom stereocenters. The minimum Gasteiger partial charge on any atom is -0.503 e. The predicted octanol–water partition coefficient (Wildman–Crippen LogP) is 4.12. The van der Waals surface area contributed by atoms with Gasteiger partial charge >= 0.3 is 0 Å². The van der Waals surface area contributed by atoms with Crippen molar-refractivity contribution < 1.29 is 13.9 Å². The van der Waals surface area contributed by atoms with Gasteiger partial charge in [0, 0.05) is 28.4 Å². The highest BCUT2D eigenvalue weighted by Gasteiger charge is 2.18. The largest absolute Gasteiger partial charge is 0.503 e. The first-order valence-corrected chi connectivity index (χ1v) is 7.55. The van der Waals surface area contributed by atoms with Crippen LogP contribution in [0.5, 0.6) is 5.75 Å². The van der Waals surface area contributed by atoms with Gasteiger partial charge in [-0.3, -0.25) is 0 Å². The van der Waals surface area contributed by atoms with Gasteiger partial charge in [-0.15, -0.1) is 0 Å². The topological polar surface area (TPSA) is 63.8 Å². The van der Waals surface area contributed by atoms with E-state index in [-0.39, 0.29) is 16.9 Å². The van der Waals surface area contributed by atoms with Crippen LogP contribution in [-0.4, -0.2) is 24.9 Å². The third-order valence-electron chi connectivity index (χ3n) is 3.73. The normalized spacial score (nSPS) is 11.2. The second-order valence-electron chi connectivity index (χ2n) is 5.29. The Bertz CT molecular complexity index is 1080. The SMILES string of the molecule is Oc1c(F)cc2cnn(-c3ncc(-c4ccc(Cl)cc4)cn3)c2c1F. The fourth-order valence-electron chi connectivity index (χ4n) is 2.48. The van der Waals surface area contributed by atoms with Crippen LogP contribution < -0.4 is 0 Å². The minimum atomic E-state index is -1.11. The molecule has 0 fully saturated rings. The van der Waals surface area contributed by atoms with E-state index < -0.39 is 17.4 Å². The monoisotopic (exact) mass is 358 g/mol. The lowest BCUT2D eigenvalue weighted by molar-refractivity contribution is 0.399. The lowest BCUT2D eigenvalue weighted by atomic mass is 10.1. The van der Waals surface area contributed by atoms with E-state index in [0.717, 1.165) is 21.9 Å². The van der Waals surface area contributed by atoms with E-state index in [1.165, 1.54) is 6.20 Å². The van der Waals surface area contributed by atoms with Crippen molar-refractivity contribution in [1.29, 1.82) is 0 Å². The minimum absolute atomic E-state index is 0.0950. The lowest BCUT2D eigenvalue weighted by Crippen LogP contribution is -2.04. The van der Waals surface area contributed by atoms with E-state index in [0.29, 0.717) is 5.02 Å². The summed E-state index contributed by atoms with van der Waals surface area (Å²) in [4.78, 5) is 8.36. The van der Waals surface area contributed by atoms with Crippen molar-refractivity contribution in [3.8, 4) is 22.8 Å². The van der Waals surface area contributed by atoms with Crippen LogP contribution in [0.3, 0.4) is 0 Å². The molecule has 25 heavy (non-hydrogen) atoms. The number of aromatic hydroxyl groups is 1. The van der Waals surface area contributed by atoms with Gasteiger partial charge in [0.05, 0.1) is 6.20 Å². The van der Waals surface area contributed by atoms with Crippen molar-refractivity contribution in [2.45, 2.75) is 0 Å². The molecule has 0 aliphatic rings. The first-order chi connectivity index (χ1) is 12.0. The molecule has 0 bridgehead atoms. The van der Waals surface area contributed by atoms with Gasteiger partial charge < -0.3 is 5.11 Å². The zero-order valence-corrected chi connectivity index (χ0v) is 13.2. The lowest BCUT2D eigenvalue weighted by Gasteiger charge is -2.06. The third kappa shape index (κ3) is 2.58. The van der Waals surface area contributed by atoms with Crippen LogP contribution in [0.4, 0.5) is 8.78 Å². The second-order valence-corrected chi connectivity index (χ2v) is 5.73. The molecule has 2 aromatic carbocycles. The fraction of sp³-hybridized carbons (Fsp3) is 0. The van der Waals surface area contributed by atoms with Crippen molar-refractivity contribution in [2.24, 2.45) is 0 Å². The summed E-state index contributed by atoms with van der Waals surface area (Å²) < 4.78 is 28.7. The molecule has 0 spiro atoms. The van der Waals surface area contributed by atoms with E-state index in [1.54, 1.807) is 24.5 Å². The summed E-state index contributed by atoms with van der Waals surface area (Å²) >= 11 is 5.86. The van der Waals surface area contributed by atoms with E-state index in [4.69, 9.17) is 11.6 Å². The van der Waals surface area contributed by atoms with Gasteiger partial charge in [-0.05, 0) is 23.8 Å². The summed E-state index contributed by atoms with van der Waals surface area (Å²) in [5, 5.41) is 14.3. The van der Waals surface area contributed by atoms with Crippen LogP contribution in [0.2, 0.25) is 5.02 Å². The number of fused-ring (bicyclic) bond motifs is 1. The van der Waals surface area contributed by atoms with E-state index in [9.17, 15) is 13.9 Å². The number of benzene rings is 2. The van der Waals surface area contributed by atoms with E-state index >= 15 is 0 Å². The quantitative estimate of drug-likeness (QED) is 0.585. The maximum absolute atomic E-state index is 14.2. The maximum atomic E-state index is 14.2. The van der Waals surface area contributed by atoms with Crippen molar-refractivity contribution in [2.75, 3.05) is 0 Å².